The number of amides is 1. The second-order valence-corrected chi connectivity index (χ2v) is 7.08. The first kappa shape index (κ1) is 18.6. The predicted molar refractivity (Wildman–Crippen MR) is 89.0 cm³/mol. The number of anilines is 1. The summed E-state index contributed by atoms with van der Waals surface area (Å²) in [6, 6.07) is 9.96. The molecule has 2 aromatic carbocycles. The van der Waals surface area contributed by atoms with Gasteiger partial charge in [-0.1, -0.05) is 17.7 Å². The van der Waals surface area contributed by atoms with Crippen molar-refractivity contribution in [2.24, 2.45) is 0 Å². The van der Waals surface area contributed by atoms with Crippen molar-refractivity contribution in [1.29, 1.82) is 0 Å². The number of carbonyl (C=O) groups is 1. The number of carbonyl (C=O) groups excluding carboxylic acids is 1. The summed E-state index contributed by atoms with van der Waals surface area (Å²) in [4.78, 5) is 21.6. The van der Waals surface area contributed by atoms with Crippen LogP contribution in [-0.2, 0) is 14.8 Å². The Bertz CT molecular complexity index is 901. The summed E-state index contributed by atoms with van der Waals surface area (Å²) >= 11 is 5.74. The molecule has 0 aliphatic heterocycles. The van der Waals surface area contributed by atoms with Crippen LogP contribution in [0.25, 0.3) is 0 Å². The van der Waals surface area contributed by atoms with Gasteiger partial charge in [0.15, 0.2) is 0 Å². The zero-order valence-corrected chi connectivity index (χ0v) is 14.1. The molecule has 0 fully saturated rings. The van der Waals surface area contributed by atoms with Crippen LogP contribution in [0.3, 0.4) is 0 Å². The van der Waals surface area contributed by atoms with E-state index in [4.69, 9.17) is 16.8 Å². The lowest BCUT2D eigenvalue weighted by atomic mass is 10.3. The van der Waals surface area contributed by atoms with Gasteiger partial charge in [0.25, 0.3) is 21.6 Å². The maximum atomic E-state index is 12.8. The van der Waals surface area contributed by atoms with Gasteiger partial charge in [0.1, 0.15) is 6.54 Å². The van der Waals surface area contributed by atoms with Gasteiger partial charge in [-0.15, -0.1) is 0 Å². The van der Waals surface area contributed by atoms with E-state index in [2.05, 4.69) is 0 Å². The minimum atomic E-state index is -4.24. The highest BCUT2D eigenvalue weighted by Gasteiger charge is 2.28. The van der Waals surface area contributed by atoms with Crippen molar-refractivity contribution in [2.75, 3.05) is 10.8 Å². The molecule has 11 heteroatoms. The highest BCUT2D eigenvalue weighted by Crippen LogP contribution is 2.27. The first-order valence-electron chi connectivity index (χ1n) is 6.71. The molecule has 1 amide bonds. The molecule has 25 heavy (non-hydrogen) atoms. The highest BCUT2D eigenvalue weighted by molar-refractivity contribution is 7.92. The topological polar surface area (TPSA) is 130 Å². The van der Waals surface area contributed by atoms with Gasteiger partial charge in [-0.2, -0.15) is 0 Å². The lowest BCUT2D eigenvalue weighted by Crippen LogP contribution is -2.40. The molecule has 0 saturated heterocycles. The van der Waals surface area contributed by atoms with E-state index in [1.165, 1.54) is 47.9 Å². The predicted octanol–water partition coefficient (Wildman–Crippen LogP) is 1.95. The van der Waals surface area contributed by atoms with E-state index in [1.54, 1.807) is 0 Å². The number of nitrogens with one attached hydrogen (secondary N) is 1. The van der Waals surface area contributed by atoms with Gasteiger partial charge in [-0.05, 0) is 30.3 Å². The third-order valence-electron chi connectivity index (χ3n) is 3.14. The molecular weight excluding hydrogens is 374 g/mol. The Kier molecular flexibility index (Phi) is 5.57. The number of benzene rings is 2. The molecule has 9 nitrogen and oxygen atoms in total. The molecule has 0 aromatic heterocycles. The van der Waals surface area contributed by atoms with E-state index in [0.29, 0.717) is 9.33 Å². The molecule has 2 N–H and O–H groups in total. The Morgan fingerprint density at radius 3 is 2.44 bits per heavy atom. The standard InChI is InChI=1S/C14H12ClN3O6S/c15-10-4-6-13(7-5-10)25(23,24)17(9-14(19)16-20)11-2-1-3-12(8-11)18(21)22/h1-8,20H,9H2,(H,16,19). The largest absolute Gasteiger partial charge is 0.289 e. The molecule has 0 unspecified atom stereocenters. The average Bonchev–Trinajstić information content (AvgIpc) is 2.59. The van der Waals surface area contributed by atoms with Gasteiger partial charge in [-0.25, -0.2) is 13.9 Å². The van der Waals surface area contributed by atoms with Crippen molar-refractivity contribution in [1.82, 2.24) is 5.48 Å². The number of nitro groups is 1. The number of rotatable bonds is 6. The molecule has 2 rings (SSSR count). The first-order chi connectivity index (χ1) is 11.8. The molecule has 0 atom stereocenters. The number of hydrogen-bond donors (Lipinski definition) is 2. The quantitative estimate of drug-likeness (QED) is 0.444. The van der Waals surface area contributed by atoms with Crippen LogP contribution in [0.15, 0.2) is 53.4 Å². The summed E-state index contributed by atoms with van der Waals surface area (Å²) in [5.74, 6) is -1.01. The molecule has 0 bridgehead atoms. The molecule has 0 spiro atoms. The minimum absolute atomic E-state index is 0.104. The SMILES string of the molecule is O=C(CN(c1cccc([N+](=O)[O-])c1)S(=O)(=O)c1ccc(Cl)cc1)NO. The van der Waals surface area contributed by atoms with Crippen LogP contribution in [0.2, 0.25) is 5.02 Å². The van der Waals surface area contributed by atoms with E-state index in [0.717, 1.165) is 6.07 Å². The monoisotopic (exact) mass is 385 g/mol. The fourth-order valence-electron chi connectivity index (χ4n) is 1.98. The maximum absolute atomic E-state index is 12.8. The van der Waals surface area contributed by atoms with Crippen molar-refractivity contribution in [3.8, 4) is 0 Å². The van der Waals surface area contributed by atoms with Crippen LogP contribution in [0.4, 0.5) is 11.4 Å². The van der Waals surface area contributed by atoms with Crippen LogP contribution in [0, 0.1) is 10.1 Å². The number of nitro benzene ring substituents is 1. The van der Waals surface area contributed by atoms with Gasteiger partial charge in [-0.3, -0.25) is 24.4 Å². The number of halogens is 1. The Labute approximate surface area is 147 Å². The number of non-ortho nitro benzene ring substituents is 1. The molecule has 2 aromatic rings. The summed E-state index contributed by atoms with van der Waals surface area (Å²) in [5.41, 5.74) is 0.882. The zero-order valence-electron chi connectivity index (χ0n) is 12.5. The van der Waals surface area contributed by atoms with Gasteiger partial charge >= 0.3 is 0 Å². The normalized spacial score (nSPS) is 11.0. The number of hydrogen-bond acceptors (Lipinski definition) is 6. The lowest BCUT2D eigenvalue weighted by molar-refractivity contribution is -0.384. The van der Waals surface area contributed by atoms with Gasteiger partial charge in [0.2, 0.25) is 0 Å². The van der Waals surface area contributed by atoms with Crippen LogP contribution < -0.4 is 9.79 Å². The summed E-state index contributed by atoms with van der Waals surface area (Å²) < 4.78 is 26.3. The molecule has 0 aliphatic carbocycles. The average molecular weight is 386 g/mol. The van der Waals surface area contributed by atoms with Crippen LogP contribution >= 0.6 is 11.6 Å². The van der Waals surface area contributed by atoms with Crippen LogP contribution in [0.1, 0.15) is 0 Å². The van der Waals surface area contributed by atoms with E-state index in [9.17, 15) is 23.3 Å². The van der Waals surface area contributed by atoms with Gasteiger partial charge in [0.05, 0.1) is 15.5 Å². The number of nitrogens with zero attached hydrogens (tertiary/aromatic N) is 2. The van der Waals surface area contributed by atoms with Gasteiger partial charge < -0.3 is 0 Å². The minimum Gasteiger partial charge on any atom is -0.289 e. The van der Waals surface area contributed by atoms with Crippen molar-refractivity contribution >= 4 is 38.9 Å². The van der Waals surface area contributed by atoms with Crippen molar-refractivity contribution in [3.05, 3.63) is 63.7 Å². The summed E-state index contributed by atoms with van der Waals surface area (Å²) in [7, 11) is -4.24. The smallest absolute Gasteiger partial charge is 0.271 e. The summed E-state index contributed by atoms with van der Waals surface area (Å²) in [6.07, 6.45) is 0. The Morgan fingerprint density at radius 2 is 1.88 bits per heavy atom. The zero-order chi connectivity index (χ0) is 18.6. The molecular formula is C14H12ClN3O6S. The fraction of sp³-hybridized carbons (Fsp3) is 0.0714. The third-order valence-corrected chi connectivity index (χ3v) is 5.18. The first-order valence-corrected chi connectivity index (χ1v) is 8.53. The maximum Gasteiger partial charge on any atom is 0.271 e. The van der Waals surface area contributed by atoms with Crippen molar-refractivity contribution in [3.63, 3.8) is 0 Å². The lowest BCUT2D eigenvalue weighted by Gasteiger charge is -2.23. The van der Waals surface area contributed by atoms with E-state index in [-0.39, 0.29) is 16.3 Å². The second kappa shape index (κ2) is 7.47. The molecule has 0 saturated carbocycles. The Morgan fingerprint density at radius 1 is 1.24 bits per heavy atom. The summed E-state index contributed by atoms with van der Waals surface area (Å²) in [6.45, 7) is -0.775. The van der Waals surface area contributed by atoms with Crippen LogP contribution in [-0.4, -0.2) is 31.0 Å². The van der Waals surface area contributed by atoms with Crippen molar-refractivity contribution in [2.45, 2.75) is 4.90 Å². The van der Waals surface area contributed by atoms with E-state index in [1.807, 2.05) is 0 Å². The fourth-order valence-corrected chi connectivity index (χ4v) is 3.52. The van der Waals surface area contributed by atoms with Crippen molar-refractivity contribution < 1.29 is 23.3 Å². The molecule has 132 valence electrons. The Balaban J connectivity index is 2.56. The molecule has 0 aliphatic rings. The van der Waals surface area contributed by atoms with E-state index >= 15 is 0 Å². The van der Waals surface area contributed by atoms with E-state index < -0.39 is 27.4 Å². The van der Waals surface area contributed by atoms with Crippen LogP contribution in [0.5, 0.6) is 0 Å². The highest BCUT2D eigenvalue weighted by atomic mass is 35.5. The summed E-state index contributed by atoms with van der Waals surface area (Å²) in [5, 5.41) is 19.9. The third kappa shape index (κ3) is 4.24. The number of sulfonamides is 1. The van der Waals surface area contributed by atoms with Gasteiger partial charge in [0, 0.05) is 17.2 Å². The molecule has 0 radical (unpaired) electrons. The molecule has 0 heterocycles. The second-order valence-electron chi connectivity index (χ2n) is 4.78. The number of hydroxylamine groups is 1. The Hall–Kier alpha value is -2.69.